The highest BCUT2D eigenvalue weighted by Crippen LogP contribution is 2.28. The zero-order chi connectivity index (χ0) is 12.5. The Morgan fingerprint density at radius 1 is 1.44 bits per heavy atom. The van der Waals surface area contributed by atoms with E-state index in [0.29, 0.717) is 5.56 Å². The zero-order valence-corrected chi connectivity index (χ0v) is 10.2. The Kier molecular flexibility index (Phi) is 3.57. The molecule has 88 valence electrons. The lowest BCUT2D eigenvalue weighted by molar-refractivity contribution is -0.114. The summed E-state index contributed by atoms with van der Waals surface area (Å²) in [5.74, 6) is -0.438. The summed E-state index contributed by atoms with van der Waals surface area (Å²) >= 11 is 5.74. The Morgan fingerprint density at radius 3 is 2.44 bits per heavy atom. The molecule has 7 heteroatoms. The number of rotatable bonds is 2. The number of hydrogen-bond acceptors (Lipinski definition) is 3. The van der Waals surface area contributed by atoms with E-state index >= 15 is 0 Å². The topological polar surface area (TPSA) is 83.5 Å². The second-order valence-corrected chi connectivity index (χ2v) is 5.05. The molecule has 0 radical (unpaired) electrons. The molecule has 0 heterocycles. The molecule has 1 aromatic rings. The minimum absolute atomic E-state index is 0.0110. The van der Waals surface area contributed by atoms with Gasteiger partial charge in [-0.1, -0.05) is 11.6 Å². The van der Waals surface area contributed by atoms with Gasteiger partial charge in [-0.05, 0) is 24.6 Å². The number of amides is 1. The first kappa shape index (κ1) is 13.0. The van der Waals surface area contributed by atoms with Crippen LogP contribution in [-0.2, 0) is 14.9 Å². The molecular weight excluding hydrogens is 254 g/mol. The van der Waals surface area contributed by atoms with Crippen molar-refractivity contribution in [3.05, 3.63) is 22.7 Å². The number of aryl methyl sites for hydroxylation is 1. The zero-order valence-electron chi connectivity index (χ0n) is 8.61. The fourth-order valence-corrected chi connectivity index (χ4v) is 2.05. The van der Waals surface area contributed by atoms with Gasteiger partial charge in [-0.2, -0.15) is 8.42 Å². The summed E-state index contributed by atoms with van der Waals surface area (Å²) in [6.45, 7) is 2.89. The number of anilines is 1. The van der Waals surface area contributed by atoms with Crippen LogP contribution in [0, 0.1) is 6.92 Å². The van der Waals surface area contributed by atoms with Crippen LogP contribution in [0.5, 0.6) is 0 Å². The number of nitrogens with one attached hydrogen (secondary N) is 1. The average Bonchev–Trinajstić information content (AvgIpc) is 2.08. The first-order valence-corrected chi connectivity index (χ1v) is 6.09. The molecular formula is C9H10ClNO4S. The molecule has 0 saturated heterocycles. The first-order valence-electron chi connectivity index (χ1n) is 4.27. The molecule has 16 heavy (non-hydrogen) atoms. The molecule has 1 rings (SSSR count). The van der Waals surface area contributed by atoms with Gasteiger partial charge in [-0.3, -0.25) is 9.35 Å². The van der Waals surface area contributed by atoms with Crippen LogP contribution >= 0.6 is 11.6 Å². The molecule has 1 aromatic carbocycles. The third kappa shape index (κ3) is 2.94. The smallest absolute Gasteiger partial charge is 0.296 e. The number of carbonyl (C=O) groups excluding carboxylic acids is 1. The van der Waals surface area contributed by atoms with Crippen LogP contribution in [0.4, 0.5) is 5.69 Å². The fourth-order valence-electron chi connectivity index (χ4n) is 1.16. The average molecular weight is 264 g/mol. The van der Waals surface area contributed by atoms with Crippen LogP contribution in [0.15, 0.2) is 17.0 Å². The van der Waals surface area contributed by atoms with E-state index in [1.54, 1.807) is 6.92 Å². The molecule has 0 aliphatic heterocycles. The third-order valence-corrected chi connectivity index (χ3v) is 3.15. The molecule has 0 bridgehead atoms. The summed E-state index contributed by atoms with van der Waals surface area (Å²) in [5.41, 5.74) is 0.606. The van der Waals surface area contributed by atoms with Gasteiger partial charge >= 0.3 is 0 Å². The second-order valence-electron chi connectivity index (χ2n) is 3.25. The van der Waals surface area contributed by atoms with Gasteiger partial charge in [-0.25, -0.2) is 0 Å². The second kappa shape index (κ2) is 4.40. The van der Waals surface area contributed by atoms with Crippen molar-refractivity contribution in [2.75, 3.05) is 5.32 Å². The van der Waals surface area contributed by atoms with Crippen LogP contribution in [-0.4, -0.2) is 18.9 Å². The Morgan fingerprint density at radius 2 is 2.00 bits per heavy atom. The predicted molar refractivity (Wildman–Crippen MR) is 60.3 cm³/mol. The molecule has 2 N–H and O–H groups in total. The highest BCUT2D eigenvalue weighted by atomic mass is 35.5. The first-order chi connectivity index (χ1) is 7.21. The molecule has 0 atom stereocenters. The summed E-state index contributed by atoms with van der Waals surface area (Å²) in [5, 5.41) is 2.51. The monoisotopic (exact) mass is 263 g/mol. The summed E-state index contributed by atoms with van der Waals surface area (Å²) in [6, 6.07) is 2.48. The molecule has 0 aliphatic carbocycles. The van der Waals surface area contributed by atoms with Gasteiger partial charge in [0.2, 0.25) is 5.91 Å². The van der Waals surface area contributed by atoms with Gasteiger partial charge in [0, 0.05) is 11.9 Å². The summed E-state index contributed by atoms with van der Waals surface area (Å²) in [4.78, 5) is 10.4. The van der Waals surface area contributed by atoms with Crippen molar-refractivity contribution < 1.29 is 17.8 Å². The summed E-state index contributed by atoms with van der Waals surface area (Å²) in [6.07, 6.45) is 0. The highest BCUT2D eigenvalue weighted by molar-refractivity contribution is 7.86. The van der Waals surface area contributed by atoms with Crippen LogP contribution in [0.2, 0.25) is 5.02 Å². The van der Waals surface area contributed by atoms with E-state index in [1.165, 1.54) is 13.0 Å². The number of hydrogen-bond donors (Lipinski definition) is 2. The standard InChI is InChI=1S/C9H10ClNO4S/c1-5-3-8(11-6(2)12)9(4-7(5)10)16(13,14)15/h3-4H,1-2H3,(H,11,12)(H,13,14,15). The molecule has 1 amide bonds. The van der Waals surface area contributed by atoms with Crippen molar-refractivity contribution >= 4 is 33.3 Å². The van der Waals surface area contributed by atoms with Crippen molar-refractivity contribution in [2.45, 2.75) is 18.7 Å². The third-order valence-electron chi connectivity index (χ3n) is 1.85. The van der Waals surface area contributed by atoms with Crippen LogP contribution in [0.1, 0.15) is 12.5 Å². The van der Waals surface area contributed by atoms with Crippen LogP contribution in [0.25, 0.3) is 0 Å². The molecule has 0 fully saturated rings. The lowest BCUT2D eigenvalue weighted by Crippen LogP contribution is -2.11. The van der Waals surface area contributed by atoms with Gasteiger partial charge < -0.3 is 5.32 Å². The van der Waals surface area contributed by atoms with E-state index in [4.69, 9.17) is 16.2 Å². The molecule has 0 saturated carbocycles. The molecule has 0 unspecified atom stereocenters. The summed E-state index contributed by atoms with van der Waals surface area (Å²) < 4.78 is 31.0. The largest absolute Gasteiger partial charge is 0.325 e. The van der Waals surface area contributed by atoms with Crippen molar-refractivity contribution in [3.8, 4) is 0 Å². The highest BCUT2D eigenvalue weighted by Gasteiger charge is 2.18. The van der Waals surface area contributed by atoms with E-state index in [2.05, 4.69) is 5.32 Å². The lowest BCUT2D eigenvalue weighted by atomic mass is 10.2. The van der Waals surface area contributed by atoms with Crippen molar-refractivity contribution in [3.63, 3.8) is 0 Å². The number of benzene rings is 1. The van der Waals surface area contributed by atoms with Crippen molar-refractivity contribution in [1.29, 1.82) is 0 Å². The van der Waals surface area contributed by atoms with E-state index in [1.807, 2.05) is 0 Å². The Bertz CT molecular complexity index is 539. The number of carbonyl (C=O) groups is 1. The van der Waals surface area contributed by atoms with E-state index in [0.717, 1.165) is 6.07 Å². The maximum atomic E-state index is 11.0. The van der Waals surface area contributed by atoms with Crippen LogP contribution in [0.3, 0.4) is 0 Å². The molecule has 5 nitrogen and oxygen atoms in total. The van der Waals surface area contributed by atoms with Crippen LogP contribution < -0.4 is 5.32 Å². The normalized spacial score (nSPS) is 11.2. The SMILES string of the molecule is CC(=O)Nc1cc(C)c(Cl)cc1S(=O)(=O)O. The molecule has 0 aliphatic rings. The van der Waals surface area contributed by atoms with Gasteiger partial charge in [-0.15, -0.1) is 0 Å². The predicted octanol–water partition coefficient (Wildman–Crippen LogP) is 1.85. The minimum Gasteiger partial charge on any atom is -0.325 e. The molecule has 0 aromatic heterocycles. The maximum Gasteiger partial charge on any atom is 0.296 e. The summed E-state index contributed by atoms with van der Waals surface area (Å²) in [7, 11) is -4.42. The maximum absolute atomic E-state index is 11.0. The van der Waals surface area contributed by atoms with E-state index in [9.17, 15) is 13.2 Å². The van der Waals surface area contributed by atoms with Gasteiger partial charge in [0.25, 0.3) is 10.1 Å². The van der Waals surface area contributed by atoms with Gasteiger partial charge in [0.05, 0.1) is 5.69 Å². The Balaban J connectivity index is 3.45. The van der Waals surface area contributed by atoms with Gasteiger partial charge in [0.15, 0.2) is 0 Å². The lowest BCUT2D eigenvalue weighted by Gasteiger charge is -2.09. The van der Waals surface area contributed by atoms with E-state index in [-0.39, 0.29) is 10.7 Å². The van der Waals surface area contributed by atoms with Crippen molar-refractivity contribution in [1.82, 2.24) is 0 Å². The fraction of sp³-hybridized carbons (Fsp3) is 0.222. The molecule has 0 spiro atoms. The Labute approximate surface area is 98.2 Å². The minimum atomic E-state index is -4.42. The van der Waals surface area contributed by atoms with E-state index < -0.39 is 20.9 Å². The quantitative estimate of drug-likeness (QED) is 0.798. The Hall–Kier alpha value is -1.11. The number of halogens is 1. The van der Waals surface area contributed by atoms with Crippen molar-refractivity contribution in [2.24, 2.45) is 0 Å². The van der Waals surface area contributed by atoms with Gasteiger partial charge in [0.1, 0.15) is 4.90 Å².